The quantitative estimate of drug-likeness (QED) is 0.837. The van der Waals surface area contributed by atoms with Crippen LogP contribution in [0, 0.1) is 5.92 Å². The molecule has 0 amide bonds. The van der Waals surface area contributed by atoms with Crippen LogP contribution in [0.15, 0.2) is 22.8 Å². The van der Waals surface area contributed by atoms with Crippen LogP contribution in [0.3, 0.4) is 0 Å². The number of hydrogen-bond acceptors (Lipinski definition) is 3. The van der Waals surface area contributed by atoms with Gasteiger partial charge in [-0.25, -0.2) is 4.98 Å². The van der Waals surface area contributed by atoms with Gasteiger partial charge in [0.15, 0.2) is 0 Å². The smallest absolute Gasteiger partial charge is 0.128 e. The number of rotatable bonds is 2. The Morgan fingerprint density at radius 2 is 2.33 bits per heavy atom. The van der Waals surface area contributed by atoms with E-state index in [0.717, 1.165) is 22.9 Å². The summed E-state index contributed by atoms with van der Waals surface area (Å²) in [5.74, 6) is 1.70. The highest BCUT2D eigenvalue weighted by Crippen LogP contribution is 2.22. The number of nitrogens with one attached hydrogen (secondary N) is 1. The summed E-state index contributed by atoms with van der Waals surface area (Å²) < 4.78 is 0.876. The first-order valence-electron chi connectivity index (χ1n) is 5.24. The summed E-state index contributed by atoms with van der Waals surface area (Å²) in [6.45, 7) is 3.44. The summed E-state index contributed by atoms with van der Waals surface area (Å²) in [5.41, 5.74) is 0. The molecule has 0 radical (unpaired) electrons. The molecule has 0 saturated carbocycles. The van der Waals surface area contributed by atoms with Crippen molar-refractivity contribution in [3.8, 4) is 0 Å². The van der Waals surface area contributed by atoms with Crippen LogP contribution in [0.25, 0.3) is 0 Å². The second-order valence-electron chi connectivity index (χ2n) is 4.29. The molecule has 0 aliphatic carbocycles. The monoisotopic (exact) mass is 269 g/mol. The molecule has 2 heterocycles. The van der Waals surface area contributed by atoms with Gasteiger partial charge in [0, 0.05) is 6.54 Å². The van der Waals surface area contributed by atoms with Crippen molar-refractivity contribution in [3.05, 3.63) is 22.8 Å². The molecule has 4 heteroatoms. The van der Waals surface area contributed by atoms with E-state index >= 15 is 0 Å². The molecule has 0 bridgehead atoms. The van der Waals surface area contributed by atoms with Gasteiger partial charge in [-0.05, 0) is 47.4 Å². The molecule has 82 valence electrons. The van der Waals surface area contributed by atoms with Crippen LogP contribution in [-0.4, -0.2) is 29.6 Å². The maximum Gasteiger partial charge on any atom is 0.128 e. The van der Waals surface area contributed by atoms with Crippen molar-refractivity contribution < 1.29 is 0 Å². The molecule has 2 atom stereocenters. The molecule has 2 rings (SSSR count). The molecule has 1 fully saturated rings. The average Bonchev–Trinajstić information content (AvgIpc) is 2.45. The molecule has 0 aromatic carbocycles. The lowest BCUT2D eigenvalue weighted by Crippen LogP contribution is -2.32. The lowest BCUT2D eigenvalue weighted by Gasteiger charge is -2.21. The normalized spacial score (nSPS) is 26.9. The van der Waals surface area contributed by atoms with E-state index in [9.17, 15) is 0 Å². The molecular weight excluding hydrogens is 254 g/mol. The van der Waals surface area contributed by atoms with E-state index in [1.54, 1.807) is 0 Å². The van der Waals surface area contributed by atoms with Crippen molar-refractivity contribution in [2.45, 2.75) is 19.5 Å². The van der Waals surface area contributed by atoms with Crippen LogP contribution in [0.5, 0.6) is 0 Å². The molecule has 0 spiro atoms. The maximum atomic E-state index is 4.38. The summed E-state index contributed by atoms with van der Waals surface area (Å²) >= 11 is 3.37. The predicted octanol–water partition coefficient (Wildman–Crippen LogP) is 2.55. The second-order valence-corrected chi connectivity index (χ2v) is 5.10. The topological polar surface area (TPSA) is 28.2 Å². The van der Waals surface area contributed by atoms with Gasteiger partial charge in [0.2, 0.25) is 0 Å². The molecule has 1 aromatic heterocycles. The number of aromatic nitrogens is 1. The first-order chi connectivity index (χ1) is 7.15. The van der Waals surface area contributed by atoms with Crippen molar-refractivity contribution in [1.29, 1.82) is 0 Å². The van der Waals surface area contributed by atoms with Crippen LogP contribution in [-0.2, 0) is 0 Å². The van der Waals surface area contributed by atoms with Gasteiger partial charge in [-0.3, -0.25) is 4.90 Å². The highest BCUT2D eigenvalue weighted by molar-refractivity contribution is 9.10. The number of anilines is 1. The minimum atomic E-state index is 0.418. The van der Waals surface area contributed by atoms with Gasteiger partial charge >= 0.3 is 0 Å². The predicted molar refractivity (Wildman–Crippen MR) is 65.8 cm³/mol. The second kappa shape index (κ2) is 4.49. The van der Waals surface area contributed by atoms with Gasteiger partial charge in [0.25, 0.3) is 0 Å². The highest BCUT2D eigenvalue weighted by Gasteiger charge is 2.26. The summed E-state index contributed by atoms with van der Waals surface area (Å²) in [6, 6.07) is 5.94. The number of hydrogen-bond donors (Lipinski definition) is 1. The van der Waals surface area contributed by atoms with E-state index < -0.39 is 0 Å². The fourth-order valence-electron chi connectivity index (χ4n) is 2.08. The third-order valence-corrected chi connectivity index (χ3v) is 3.23. The van der Waals surface area contributed by atoms with Crippen LogP contribution >= 0.6 is 15.9 Å². The van der Waals surface area contributed by atoms with Crippen molar-refractivity contribution >= 4 is 21.7 Å². The third kappa shape index (κ3) is 2.69. The summed E-state index contributed by atoms with van der Waals surface area (Å²) in [5, 5.41) is 3.45. The first kappa shape index (κ1) is 10.9. The van der Waals surface area contributed by atoms with E-state index in [0.29, 0.717) is 6.17 Å². The summed E-state index contributed by atoms with van der Waals surface area (Å²) in [4.78, 5) is 6.72. The Morgan fingerprint density at radius 1 is 1.53 bits per heavy atom. The Morgan fingerprint density at radius 3 is 2.93 bits per heavy atom. The Hall–Kier alpha value is -0.610. The fourth-order valence-corrected chi connectivity index (χ4v) is 2.43. The van der Waals surface area contributed by atoms with E-state index in [2.05, 4.69) is 45.1 Å². The standard InChI is InChI=1S/C11H16BrN3/c1-8-6-11(15(2)7-8)14-10-5-3-4-9(12)13-10/h3-5,8,11H,6-7H2,1-2H3,(H,13,14). The zero-order chi connectivity index (χ0) is 10.8. The van der Waals surface area contributed by atoms with Gasteiger partial charge in [-0.1, -0.05) is 13.0 Å². The molecule has 1 N–H and O–H groups in total. The van der Waals surface area contributed by atoms with Crippen molar-refractivity contribution in [1.82, 2.24) is 9.88 Å². The lowest BCUT2D eigenvalue weighted by atomic mass is 10.1. The van der Waals surface area contributed by atoms with Crippen LogP contribution in [0.1, 0.15) is 13.3 Å². The third-order valence-electron chi connectivity index (χ3n) is 2.79. The SMILES string of the molecule is CC1CC(Nc2cccc(Br)n2)N(C)C1. The Balaban J connectivity index is 2.03. The zero-order valence-electron chi connectivity index (χ0n) is 9.07. The van der Waals surface area contributed by atoms with Crippen molar-refractivity contribution in [2.75, 3.05) is 18.9 Å². The Bertz CT molecular complexity index is 342. The molecule has 1 aromatic rings. The van der Waals surface area contributed by atoms with Crippen LogP contribution in [0.2, 0.25) is 0 Å². The van der Waals surface area contributed by atoms with Gasteiger partial charge in [0.05, 0.1) is 6.17 Å². The van der Waals surface area contributed by atoms with Crippen molar-refractivity contribution in [3.63, 3.8) is 0 Å². The van der Waals surface area contributed by atoms with Gasteiger partial charge < -0.3 is 5.32 Å². The van der Waals surface area contributed by atoms with Crippen LogP contribution in [0.4, 0.5) is 5.82 Å². The van der Waals surface area contributed by atoms with Crippen LogP contribution < -0.4 is 5.32 Å². The van der Waals surface area contributed by atoms with Gasteiger partial charge in [0.1, 0.15) is 10.4 Å². The Labute approximate surface area is 99.0 Å². The molecule has 1 aliphatic heterocycles. The zero-order valence-corrected chi connectivity index (χ0v) is 10.7. The molecule has 2 unspecified atom stereocenters. The average molecular weight is 270 g/mol. The number of nitrogens with zero attached hydrogens (tertiary/aromatic N) is 2. The number of likely N-dealkylation sites (tertiary alicyclic amines) is 1. The maximum absolute atomic E-state index is 4.38. The first-order valence-corrected chi connectivity index (χ1v) is 6.04. The minimum Gasteiger partial charge on any atom is -0.355 e. The minimum absolute atomic E-state index is 0.418. The Kier molecular flexibility index (Phi) is 3.26. The van der Waals surface area contributed by atoms with E-state index in [1.165, 1.54) is 6.42 Å². The summed E-state index contributed by atoms with van der Waals surface area (Å²) in [6.07, 6.45) is 1.60. The highest BCUT2D eigenvalue weighted by atomic mass is 79.9. The number of halogens is 1. The molecule has 1 aliphatic rings. The largest absolute Gasteiger partial charge is 0.355 e. The molecular formula is C11H16BrN3. The van der Waals surface area contributed by atoms with Gasteiger partial charge in [-0.15, -0.1) is 0 Å². The summed E-state index contributed by atoms with van der Waals surface area (Å²) in [7, 11) is 2.15. The molecule has 3 nitrogen and oxygen atoms in total. The van der Waals surface area contributed by atoms with E-state index in [-0.39, 0.29) is 0 Å². The van der Waals surface area contributed by atoms with Crippen molar-refractivity contribution in [2.24, 2.45) is 5.92 Å². The van der Waals surface area contributed by atoms with E-state index in [4.69, 9.17) is 0 Å². The number of pyridine rings is 1. The van der Waals surface area contributed by atoms with Gasteiger partial charge in [-0.2, -0.15) is 0 Å². The fraction of sp³-hybridized carbons (Fsp3) is 0.545. The molecule has 1 saturated heterocycles. The lowest BCUT2D eigenvalue weighted by molar-refractivity contribution is 0.333. The van der Waals surface area contributed by atoms with E-state index in [1.807, 2.05) is 18.2 Å². The molecule has 15 heavy (non-hydrogen) atoms.